The van der Waals surface area contributed by atoms with Crippen molar-refractivity contribution in [2.24, 2.45) is 10.6 Å². The van der Waals surface area contributed by atoms with E-state index in [1.54, 1.807) is 6.07 Å². The summed E-state index contributed by atoms with van der Waals surface area (Å²) >= 11 is 0. The second-order valence-electron chi connectivity index (χ2n) is 7.78. The summed E-state index contributed by atoms with van der Waals surface area (Å²) in [7, 11) is -3.84. The normalized spacial score (nSPS) is 20.9. The van der Waals surface area contributed by atoms with Crippen LogP contribution in [-0.4, -0.2) is 23.5 Å². The smallest absolute Gasteiger partial charge is 0.339 e. The first-order valence-electron chi connectivity index (χ1n) is 8.89. The van der Waals surface area contributed by atoms with Gasteiger partial charge in [-0.2, -0.15) is 18.2 Å². The monoisotopic (exact) mass is 438 g/mol. The molecule has 4 rings (SSSR count). The Hall–Kier alpha value is -2.79. The van der Waals surface area contributed by atoms with Crippen molar-refractivity contribution in [1.82, 2.24) is 15.1 Å². The van der Waals surface area contributed by atoms with Crippen molar-refractivity contribution in [2.45, 2.75) is 36.8 Å². The molecular weight excluding hydrogens is 421 g/mol. The minimum atomic E-state index is -4.47. The van der Waals surface area contributed by atoms with Crippen molar-refractivity contribution in [3.63, 3.8) is 0 Å². The van der Waals surface area contributed by atoms with Crippen LogP contribution in [-0.2, 0) is 16.2 Å². The van der Waals surface area contributed by atoms with E-state index in [9.17, 15) is 21.6 Å². The lowest BCUT2D eigenvalue weighted by molar-refractivity contribution is -0.137. The first-order valence-corrected chi connectivity index (χ1v) is 10.4. The maximum Gasteiger partial charge on any atom is 0.416 e. The Balaban J connectivity index is 1.61. The zero-order chi connectivity index (χ0) is 21.9. The third-order valence-electron chi connectivity index (χ3n) is 5.39. The highest BCUT2D eigenvalue weighted by Crippen LogP contribution is 2.69. The highest BCUT2D eigenvalue weighted by molar-refractivity contribution is 7.89. The van der Waals surface area contributed by atoms with Gasteiger partial charge in [0.05, 0.1) is 11.5 Å². The molecular formula is C19H17F3N4O3S. The van der Waals surface area contributed by atoms with Crippen LogP contribution in [0.25, 0.3) is 11.4 Å². The molecule has 1 saturated carbocycles. The van der Waals surface area contributed by atoms with Crippen LogP contribution in [0.4, 0.5) is 13.2 Å². The first kappa shape index (κ1) is 20.5. The number of pyridine rings is 1. The zero-order valence-corrected chi connectivity index (χ0v) is 16.7. The zero-order valence-electron chi connectivity index (χ0n) is 15.9. The quantitative estimate of drug-likeness (QED) is 0.665. The van der Waals surface area contributed by atoms with Crippen LogP contribution in [0, 0.1) is 5.41 Å². The van der Waals surface area contributed by atoms with E-state index in [1.165, 1.54) is 24.4 Å². The van der Waals surface area contributed by atoms with Crippen LogP contribution < -0.4 is 5.14 Å². The number of rotatable bonds is 4. The third-order valence-corrected chi connectivity index (χ3v) is 6.29. The SMILES string of the molecule is CC1(C)[C@@H](c2ccc(S(N)(=O)=O)cn2)[C@@H]1c1nc(-c2cccc(C(F)(F)F)c2)no1. The molecule has 1 aliphatic carbocycles. The molecule has 2 atom stereocenters. The molecule has 0 unspecified atom stereocenters. The minimum Gasteiger partial charge on any atom is -0.339 e. The number of nitrogens with two attached hydrogens (primary N) is 1. The van der Waals surface area contributed by atoms with Crippen molar-refractivity contribution < 1.29 is 26.1 Å². The number of benzene rings is 1. The lowest BCUT2D eigenvalue weighted by atomic mass is 10.1. The molecule has 1 aromatic carbocycles. The lowest BCUT2D eigenvalue weighted by Gasteiger charge is -2.06. The predicted octanol–water partition coefficient (Wildman–Crippen LogP) is 3.71. The third kappa shape index (κ3) is 3.58. The molecule has 0 aliphatic heterocycles. The molecule has 158 valence electrons. The molecule has 0 spiro atoms. The van der Waals surface area contributed by atoms with E-state index in [-0.39, 0.29) is 39.4 Å². The van der Waals surface area contributed by atoms with E-state index in [2.05, 4.69) is 15.1 Å². The molecule has 2 aromatic heterocycles. The van der Waals surface area contributed by atoms with Gasteiger partial charge in [0.15, 0.2) is 0 Å². The maximum atomic E-state index is 13.0. The van der Waals surface area contributed by atoms with Crippen LogP contribution in [0.15, 0.2) is 52.0 Å². The van der Waals surface area contributed by atoms with E-state index in [4.69, 9.17) is 9.66 Å². The molecule has 11 heteroatoms. The fourth-order valence-corrected chi connectivity index (χ4v) is 4.17. The molecule has 0 amide bonds. The number of sulfonamides is 1. The lowest BCUT2D eigenvalue weighted by Crippen LogP contribution is -2.12. The van der Waals surface area contributed by atoms with E-state index < -0.39 is 21.8 Å². The van der Waals surface area contributed by atoms with E-state index >= 15 is 0 Å². The number of hydrogen-bond acceptors (Lipinski definition) is 6. The summed E-state index contributed by atoms with van der Waals surface area (Å²) < 4.78 is 67.0. The van der Waals surface area contributed by atoms with Gasteiger partial charge in [-0.3, -0.25) is 4.98 Å². The molecule has 30 heavy (non-hydrogen) atoms. The van der Waals surface area contributed by atoms with Gasteiger partial charge in [0.1, 0.15) is 4.90 Å². The molecule has 0 saturated heterocycles. The van der Waals surface area contributed by atoms with Crippen molar-refractivity contribution in [3.8, 4) is 11.4 Å². The predicted molar refractivity (Wildman–Crippen MR) is 99.6 cm³/mol. The van der Waals surface area contributed by atoms with Gasteiger partial charge in [0.25, 0.3) is 0 Å². The maximum absolute atomic E-state index is 13.0. The molecule has 1 fully saturated rings. The van der Waals surface area contributed by atoms with Gasteiger partial charge in [-0.05, 0) is 29.7 Å². The van der Waals surface area contributed by atoms with Crippen LogP contribution in [0.3, 0.4) is 0 Å². The molecule has 0 radical (unpaired) electrons. The van der Waals surface area contributed by atoms with Gasteiger partial charge in [-0.25, -0.2) is 13.6 Å². The summed E-state index contributed by atoms with van der Waals surface area (Å²) in [6.45, 7) is 3.93. The van der Waals surface area contributed by atoms with Crippen molar-refractivity contribution in [1.29, 1.82) is 0 Å². The molecule has 2 N–H and O–H groups in total. The Morgan fingerprint density at radius 2 is 1.87 bits per heavy atom. The topological polar surface area (TPSA) is 112 Å². The van der Waals surface area contributed by atoms with Gasteiger partial charge in [0.2, 0.25) is 21.7 Å². The van der Waals surface area contributed by atoms with Gasteiger partial charge < -0.3 is 4.52 Å². The average molecular weight is 438 g/mol. The summed E-state index contributed by atoms with van der Waals surface area (Å²) in [5.74, 6) is 0.0176. The van der Waals surface area contributed by atoms with Crippen molar-refractivity contribution in [3.05, 3.63) is 59.7 Å². The van der Waals surface area contributed by atoms with Crippen LogP contribution in [0.5, 0.6) is 0 Å². The summed E-state index contributed by atoms with van der Waals surface area (Å²) in [6.07, 6.45) is -3.28. The number of halogens is 3. The molecule has 7 nitrogen and oxygen atoms in total. The molecule has 1 aliphatic rings. The number of alkyl halides is 3. The number of aromatic nitrogens is 3. The Morgan fingerprint density at radius 3 is 2.47 bits per heavy atom. The van der Waals surface area contributed by atoms with Crippen LogP contribution >= 0.6 is 0 Å². The minimum absolute atomic E-state index is 0.0649. The fraction of sp³-hybridized carbons (Fsp3) is 0.316. The fourth-order valence-electron chi connectivity index (χ4n) is 3.71. The largest absolute Gasteiger partial charge is 0.416 e. The van der Waals surface area contributed by atoms with Crippen LogP contribution in [0.1, 0.15) is 42.8 Å². The summed E-state index contributed by atoms with van der Waals surface area (Å²) in [6, 6.07) is 7.67. The Morgan fingerprint density at radius 1 is 1.13 bits per heavy atom. The standard InChI is InChI=1S/C19H17F3N4O3S/c1-18(2)14(13-7-6-12(9-24-13)30(23,27)28)15(18)17-25-16(26-29-17)10-4-3-5-11(8-10)19(20,21)22/h3-9,14-15H,1-2H3,(H2,23,27,28)/t14-,15+/m0/s1. The summed E-state index contributed by atoms with van der Waals surface area (Å²) in [5.41, 5.74) is -0.273. The van der Waals surface area contributed by atoms with Gasteiger partial charge in [0, 0.05) is 23.4 Å². The van der Waals surface area contributed by atoms with Gasteiger partial charge in [-0.1, -0.05) is 31.1 Å². The highest BCUT2D eigenvalue weighted by Gasteiger charge is 2.62. The number of hydrogen-bond donors (Lipinski definition) is 1. The van der Waals surface area contributed by atoms with E-state index in [0.29, 0.717) is 5.69 Å². The van der Waals surface area contributed by atoms with Crippen molar-refractivity contribution >= 4 is 10.0 Å². The second-order valence-corrected chi connectivity index (χ2v) is 9.34. The van der Waals surface area contributed by atoms with Gasteiger partial charge >= 0.3 is 6.18 Å². The van der Waals surface area contributed by atoms with Gasteiger partial charge in [-0.15, -0.1) is 0 Å². The van der Waals surface area contributed by atoms with Crippen LogP contribution in [0.2, 0.25) is 0 Å². The van der Waals surface area contributed by atoms with E-state index in [1.807, 2.05) is 13.8 Å². The highest BCUT2D eigenvalue weighted by atomic mass is 32.2. The summed E-state index contributed by atoms with van der Waals surface area (Å²) in [4.78, 5) is 8.42. The van der Waals surface area contributed by atoms with E-state index in [0.717, 1.165) is 12.1 Å². The Labute approximate surface area is 170 Å². The number of primary sulfonamides is 1. The first-order chi connectivity index (χ1) is 13.9. The van der Waals surface area contributed by atoms with Crippen molar-refractivity contribution in [2.75, 3.05) is 0 Å². The number of nitrogens with zero attached hydrogens (tertiary/aromatic N) is 3. The Kier molecular flexibility index (Phi) is 4.51. The second kappa shape index (κ2) is 6.61. The average Bonchev–Trinajstić information content (AvgIpc) is 3.01. The summed E-state index contributed by atoms with van der Waals surface area (Å²) in [5, 5.41) is 8.94. The molecule has 2 heterocycles. The molecule has 3 aromatic rings. The Bertz CT molecular complexity index is 1200. The molecule has 0 bridgehead atoms.